The number of nitrogens with one attached hydrogen (secondary N) is 1. The quantitative estimate of drug-likeness (QED) is 0.386. The van der Waals surface area contributed by atoms with Gasteiger partial charge in [-0.05, 0) is 35.9 Å². The van der Waals surface area contributed by atoms with Gasteiger partial charge in [0.15, 0.2) is 5.13 Å². The molecule has 1 unspecified atom stereocenters. The van der Waals surface area contributed by atoms with E-state index in [9.17, 15) is 4.79 Å². The molecule has 1 heterocycles. The molecule has 0 radical (unpaired) electrons. The Hall–Kier alpha value is -2.34. The zero-order valence-electron chi connectivity index (χ0n) is 14.1. The average Bonchev–Trinajstić information content (AvgIpc) is 3.08. The molecule has 27 heavy (non-hydrogen) atoms. The smallest absolute Gasteiger partial charge is 0.244 e. The summed E-state index contributed by atoms with van der Waals surface area (Å²) in [5.41, 5.74) is 1.78. The molecule has 134 valence electrons. The molecule has 0 aliphatic heterocycles. The van der Waals surface area contributed by atoms with Crippen LogP contribution in [0.4, 0.5) is 5.13 Å². The van der Waals surface area contributed by atoms with Crippen LogP contribution in [0, 0.1) is 0 Å². The molecule has 0 aliphatic rings. The van der Waals surface area contributed by atoms with Crippen molar-refractivity contribution in [2.75, 3.05) is 5.32 Å². The largest absolute Gasteiger partial charge is 0.301 e. The summed E-state index contributed by atoms with van der Waals surface area (Å²) < 4.78 is 0.949. The molecular formula is C21H15ClN2OS2. The Morgan fingerprint density at radius 1 is 1.00 bits per heavy atom. The van der Waals surface area contributed by atoms with E-state index in [1.807, 2.05) is 72.8 Å². The van der Waals surface area contributed by atoms with Crippen molar-refractivity contribution in [2.45, 2.75) is 10.1 Å². The highest BCUT2D eigenvalue weighted by Gasteiger charge is 2.23. The molecule has 3 aromatic carbocycles. The van der Waals surface area contributed by atoms with E-state index in [1.165, 1.54) is 23.1 Å². The molecule has 0 aliphatic carbocycles. The third-order valence-corrected chi connectivity index (χ3v) is 6.35. The second-order valence-corrected chi connectivity index (χ2v) is 8.49. The van der Waals surface area contributed by atoms with Gasteiger partial charge >= 0.3 is 0 Å². The van der Waals surface area contributed by atoms with Crippen LogP contribution in [0.5, 0.6) is 0 Å². The maximum atomic E-state index is 13.1. The number of thioether (sulfide) groups is 1. The topological polar surface area (TPSA) is 42.0 Å². The number of carbonyl (C=O) groups excluding carboxylic acids is 1. The SMILES string of the molecule is O=C(Nc1nc2ccc(Cl)cc2s1)C(Sc1ccccc1)c1ccccc1. The van der Waals surface area contributed by atoms with E-state index in [4.69, 9.17) is 11.6 Å². The predicted octanol–water partition coefficient (Wildman–Crippen LogP) is 6.42. The number of aromatic nitrogens is 1. The summed E-state index contributed by atoms with van der Waals surface area (Å²) in [5.74, 6) is -0.0970. The van der Waals surface area contributed by atoms with Crippen LogP contribution >= 0.6 is 34.7 Å². The van der Waals surface area contributed by atoms with Crippen LogP contribution in [0.15, 0.2) is 83.8 Å². The number of benzene rings is 3. The van der Waals surface area contributed by atoms with Gasteiger partial charge in [-0.25, -0.2) is 4.98 Å². The fourth-order valence-corrected chi connectivity index (χ4v) is 4.85. The molecule has 1 amide bonds. The van der Waals surface area contributed by atoms with Gasteiger partial charge in [0.1, 0.15) is 5.25 Å². The van der Waals surface area contributed by atoms with Crippen molar-refractivity contribution in [3.05, 3.63) is 89.4 Å². The summed E-state index contributed by atoms with van der Waals surface area (Å²) in [6, 6.07) is 25.2. The van der Waals surface area contributed by atoms with Crippen molar-refractivity contribution in [2.24, 2.45) is 0 Å². The van der Waals surface area contributed by atoms with Gasteiger partial charge in [0.05, 0.1) is 10.2 Å². The third kappa shape index (κ3) is 4.33. The van der Waals surface area contributed by atoms with Gasteiger partial charge in [-0.2, -0.15) is 0 Å². The number of anilines is 1. The Labute approximate surface area is 170 Å². The molecule has 0 fully saturated rings. The summed E-state index contributed by atoms with van der Waals surface area (Å²) in [7, 11) is 0. The van der Waals surface area contributed by atoms with Gasteiger partial charge in [-0.15, -0.1) is 11.8 Å². The standard InChI is InChI=1S/C21H15ClN2OS2/c22-15-11-12-17-18(13-15)27-21(23-17)24-20(25)19(14-7-3-1-4-8-14)26-16-9-5-2-6-10-16/h1-13,19H,(H,23,24,25). The Kier molecular flexibility index (Phi) is 5.43. The second-order valence-electron chi connectivity index (χ2n) is 5.84. The highest BCUT2D eigenvalue weighted by atomic mass is 35.5. The first kappa shape index (κ1) is 18.0. The predicted molar refractivity (Wildman–Crippen MR) is 115 cm³/mol. The number of fused-ring (bicyclic) bond motifs is 1. The number of nitrogens with zero attached hydrogens (tertiary/aromatic N) is 1. The van der Waals surface area contributed by atoms with Crippen LogP contribution in [0.1, 0.15) is 10.8 Å². The van der Waals surface area contributed by atoms with Gasteiger partial charge in [-0.3, -0.25) is 4.79 Å². The van der Waals surface area contributed by atoms with Crippen molar-refractivity contribution in [1.29, 1.82) is 0 Å². The van der Waals surface area contributed by atoms with E-state index in [1.54, 1.807) is 6.07 Å². The summed E-state index contributed by atoms with van der Waals surface area (Å²) in [6.07, 6.45) is 0. The fourth-order valence-electron chi connectivity index (χ4n) is 2.66. The number of thiazole rings is 1. The molecule has 1 aromatic heterocycles. The summed E-state index contributed by atoms with van der Waals surface area (Å²) >= 11 is 8.99. The minimum atomic E-state index is -0.371. The lowest BCUT2D eigenvalue weighted by molar-refractivity contribution is -0.115. The molecule has 6 heteroatoms. The molecular weight excluding hydrogens is 396 g/mol. The zero-order valence-corrected chi connectivity index (χ0v) is 16.5. The highest BCUT2D eigenvalue weighted by Crippen LogP contribution is 2.37. The van der Waals surface area contributed by atoms with E-state index in [2.05, 4.69) is 10.3 Å². The number of amides is 1. The number of halogens is 1. The van der Waals surface area contributed by atoms with E-state index in [0.717, 1.165) is 20.7 Å². The van der Waals surface area contributed by atoms with Crippen molar-refractivity contribution in [3.63, 3.8) is 0 Å². The van der Waals surface area contributed by atoms with Crippen LogP contribution < -0.4 is 5.32 Å². The van der Waals surface area contributed by atoms with Crippen LogP contribution in [0.2, 0.25) is 5.02 Å². The van der Waals surface area contributed by atoms with Gasteiger partial charge in [0.25, 0.3) is 0 Å². The van der Waals surface area contributed by atoms with Crippen molar-refractivity contribution < 1.29 is 4.79 Å². The van der Waals surface area contributed by atoms with E-state index in [0.29, 0.717) is 10.2 Å². The Balaban J connectivity index is 1.61. The number of rotatable bonds is 5. The molecule has 0 spiro atoms. The summed E-state index contributed by atoms with van der Waals surface area (Å²) in [5, 5.41) is 3.84. The van der Waals surface area contributed by atoms with Crippen molar-refractivity contribution >= 4 is 56.0 Å². The number of hydrogen-bond donors (Lipinski definition) is 1. The van der Waals surface area contributed by atoms with Crippen molar-refractivity contribution in [3.8, 4) is 0 Å². The molecule has 0 saturated carbocycles. The van der Waals surface area contributed by atoms with E-state index >= 15 is 0 Å². The highest BCUT2D eigenvalue weighted by molar-refractivity contribution is 8.00. The van der Waals surface area contributed by atoms with E-state index in [-0.39, 0.29) is 11.2 Å². The van der Waals surface area contributed by atoms with Gasteiger partial charge in [0, 0.05) is 9.92 Å². The number of carbonyl (C=O) groups is 1. The monoisotopic (exact) mass is 410 g/mol. The van der Waals surface area contributed by atoms with Gasteiger partial charge in [-0.1, -0.05) is 71.5 Å². The van der Waals surface area contributed by atoms with Crippen LogP contribution in [-0.2, 0) is 4.79 Å². The fraction of sp³-hybridized carbons (Fsp3) is 0.0476. The normalized spacial score (nSPS) is 12.0. The molecule has 1 atom stereocenters. The van der Waals surface area contributed by atoms with Crippen LogP contribution in [0.3, 0.4) is 0 Å². The molecule has 1 N–H and O–H groups in total. The van der Waals surface area contributed by atoms with Gasteiger partial charge < -0.3 is 5.32 Å². The first-order valence-corrected chi connectivity index (χ1v) is 10.4. The molecule has 0 bridgehead atoms. The number of hydrogen-bond acceptors (Lipinski definition) is 4. The van der Waals surface area contributed by atoms with Crippen LogP contribution in [0.25, 0.3) is 10.2 Å². The van der Waals surface area contributed by atoms with E-state index < -0.39 is 0 Å². The lowest BCUT2D eigenvalue weighted by atomic mass is 10.1. The minimum absolute atomic E-state index is 0.0970. The first-order chi connectivity index (χ1) is 13.2. The van der Waals surface area contributed by atoms with Crippen LogP contribution in [-0.4, -0.2) is 10.9 Å². The van der Waals surface area contributed by atoms with Crippen molar-refractivity contribution in [1.82, 2.24) is 4.98 Å². The second kappa shape index (κ2) is 8.13. The lowest BCUT2D eigenvalue weighted by Crippen LogP contribution is -2.18. The Morgan fingerprint density at radius 2 is 1.70 bits per heavy atom. The van der Waals surface area contributed by atoms with Gasteiger partial charge in [0.2, 0.25) is 5.91 Å². The maximum Gasteiger partial charge on any atom is 0.244 e. The molecule has 4 rings (SSSR count). The maximum absolute atomic E-state index is 13.1. The summed E-state index contributed by atoms with van der Waals surface area (Å²) in [6.45, 7) is 0. The molecule has 0 saturated heterocycles. The molecule has 4 aromatic rings. The first-order valence-electron chi connectivity index (χ1n) is 8.33. The lowest BCUT2D eigenvalue weighted by Gasteiger charge is -2.16. The zero-order chi connectivity index (χ0) is 18.6. The minimum Gasteiger partial charge on any atom is -0.301 e. The third-order valence-electron chi connectivity index (χ3n) is 3.92. The molecule has 3 nitrogen and oxygen atoms in total. The Bertz CT molecular complexity index is 1070. The average molecular weight is 411 g/mol. The Morgan fingerprint density at radius 3 is 2.44 bits per heavy atom. The summed E-state index contributed by atoms with van der Waals surface area (Å²) in [4.78, 5) is 18.6.